The zero-order valence-electron chi connectivity index (χ0n) is 11.2. The van der Waals surface area contributed by atoms with Gasteiger partial charge in [0.2, 0.25) is 0 Å². The smallest absolute Gasteiger partial charge is 0.259 e. The van der Waals surface area contributed by atoms with E-state index in [4.69, 9.17) is 21.1 Å². The molecule has 1 saturated carbocycles. The lowest BCUT2D eigenvalue weighted by molar-refractivity contribution is 0.0847. The summed E-state index contributed by atoms with van der Waals surface area (Å²) in [6, 6.07) is 5.27. The van der Waals surface area contributed by atoms with Crippen molar-refractivity contribution in [3.63, 3.8) is 0 Å². The number of amides is 1. The molecule has 1 amide bonds. The van der Waals surface area contributed by atoms with Crippen molar-refractivity contribution in [3.8, 4) is 11.5 Å². The van der Waals surface area contributed by atoms with E-state index in [-0.39, 0.29) is 11.4 Å². The van der Waals surface area contributed by atoms with E-state index in [1.54, 1.807) is 18.2 Å². The SMILES string of the molecule is COc1cccc(OC)c1C(=O)NC1(CCl)CCC1. The second kappa shape index (κ2) is 5.70. The topological polar surface area (TPSA) is 47.6 Å². The van der Waals surface area contributed by atoms with Crippen LogP contribution in [0.25, 0.3) is 0 Å². The lowest BCUT2D eigenvalue weighted by Crippen LogP contribution is -2.55. The molecule has 0 heterocycles. The highest BCUT2D eigenvalue weighted by molar-refractivity contribution is 6.19. The maximum atomic E-state index is 12.4. The van der Waals surface area contributed by atoms with E-state index >= 15 is 0 Å². The molecule has 1 aliphatic carbocycles. The molecule has 0 bridgehead atoms. The number of alkyl halides is 1. The zero-order valence-corrected chi connectivity index (χ0v) is 11.9. The normalized spacial score (nSPS) is 16.4. The minimum atomic E-state index is -0.273. The summed E-state index contributed by atoms with van der Waals surface area (Å²) in [6.45, 7) is 0. The first-order valence-electron chi connectivity index (χ1n) is 6.25. The fraction of sp³-hybridized carbons (Fsp3) is 0.500. The van der Waals surface area contributed by atoms with Crippen molar-refractivity contribution in [2.24, 2.45) is 0 Å². The highest BCUT2D eigenvalue weighted by Crippen LogP contribution is 2.35. The van der Waals surface area contributed by atoms with Gasteiger partial charge in [0, 0.05) is 5.88 Å². The number of ether oxygens (including phenoxy) is 2. The summed E-state index contributed by atoms with van der Waals surface area (Å²) in [7, 11) is 3.07. The van der Waals surface area contributed by atoms with E-state index < -0.39 is 0 Å². The van der Waals surface area contributed by atoms with Crippen LogP contribution in [-0.2, 0) is 0 Å². The summed E-state index contributed by atoms with van der Waals surface area (Å²) in [5, 5.41) is 3.01. The molecule has 2 rings (SSSR count). The molecule has 1 aliphatic rings. The molecular formula is C14H18ClNO3. The van der Waals surface area contributed by atoms with Crippen molar-refractivity contribution in [2.75, 3.05) is 20.1 Å². The van der Waals surface area contributed by atoms with E-state index in [0.29, 0.717) is 22.9 Å². The molecule has 1 aromatic rings. The molecule has 0 unspecified atom stereocenters. The van der Waals surface area contributed by atoms with Gasteiger partial charge in [-0.3, -0.25) is 4.79 Å². The van der Waals surface area contributed by atoms with E-state index in [9.17, 15) is 4.79 Å². The van der Waals surface area contributed by atoms with Gasteiger partial charge < -0.3 is 14.8 Å². The van der Waals surface area contributed by atoms with Gasteiger partial charge in [-0.15, -0.1) is 11.6 Å². The Kier molecular flexibility index (Phi) is 4.20. The van der Waals surface area contributed by atoms with Crippen LogP contribution in [-0.4, -0.2) is 31.5 Å². The summed E-state index contributed by atoms with van der Waals surface area (Å²) >= 11 is 5.96. The minimum absolute atomic E-state index is 0.199. The standard InChI is InChI=1S/C14H18ClNO3/c1-18-10-5-3-6-11(19-2)12(10)13(17)16-14(9-15)7-4-8-14/h3,5-6H,4,7-9H2,1-2H3,(H,16,17). The minimum Gasteiger partial charge on any atom is -0.496 e. The molecule has 5 heteroatoms. The summed E-state index contributed by atoms with van der Waals surface area (Å²) in [4.78, 5) is 12.4. The van der Waals surface area contributed by atoms with Gasteiger partial charge in [-0.25, -0.2) is 0 Å². The molecular weight excluding hydrogens is 266 g/mol. The first-order valence-corrected chi connectivity index (χ1v) is 6.79. The third-order valence-electron chi connectivity index (χ3n) is 3.60. The fourth-order valence-electron chi connectivity index (χ4n) is 2.27. The van der Waals surface area contributed by atoms with E-state index in [1.807, 2.05) is 0 Å². The number of carbonyl (C=O) groups is 1. The number of hydrogen-bond acceptors (Lipinski definition) is 3. The Morgan fingerprint density at radius 3 is 2.26 bits per heavy atom. The van der Waals surface area contributed by atoms with Gasteiger partial charge in [-0.2, -0.15) is 0 Å². The Morgan fingerprint density at radius 1 is 1.32 bits per heavy atom. The maximum absolute atomic E-state index is 12.4. The molecule has 0 aromatic heterocycles. The number of hydrogen-bond donors (Lipinski definition) is 1. The predicted octanol–water partition coefficient (Wildman–Crippen LogP) is 2.60. The molecule has 4 nitrogen and oxygen atoms in total. The second-order valence-electron chi connectivity index (χ2n) is 4.76. The van der Waals surface area contributed by atoms with Gasteiger partial charge >= 0.3 is 0 Å². The third kappa shape index (κ3) is 2.63. The van der Waals surface area contributed by atoms with Crippen molar-refractivity contribution in [2.45, 2.75) is 24.8 Å². The van der Waals surface area contributed by atoms with Crippen molar-refractivity contribution in [1.82, 2.24) is 5.32 Å². The largest absolute Gasteiger partial charge is 0.496 e. The number of halogens is 1. The highest BCUT2D eigenvalue weighted by Gasteiger charge is 2.38. The summed E-state index contributed by atoms with van der Waals surface area (Å²) < 4.78 is 10.5. The van der Waals surface area contributed by atoms with Crippen LogP contribution in [0.2, 0.25) is 0 Å². The van der Waals surface area contributed by atoms with Crippen LogP contribution in [0, 0.1) is 0 Å². The molecule has 0 spiro atoms. The molecule has 0 saturated heterocycles. The van der Waals surface area contributed by atoms with Crippen LogP contribution in [0.4, 0.5) is 0 Å². The van der Waals surface area contributed by atoms with Gasteiger partial charge in [-0.05, 0) is 31.4 Å². The molecule has 1 fully saturated rings. The Balaban J connectivity index is 2.27. The third-order valence-corrected chi connectivity index (χ3v) is 4.11. The lowest BCUT2D eigenvalue weighted by atomic mass is 9.78. The number of carbonyl (C=O) groups excluding carboxylic acids is 1. The van der Waals surface area contributed by atoms with Crippen LogP contribution in [0.3, 0.4) is 0 Å². The monoisotopic (exact) mass is 283 g/mol. The predicted molar refractivity (Wildman–Crippen MR) is 74.3 cm³/mol. The molecule has 0 aliphatic heterocycles. The van der Waals surface area contributed by atoms with Gasteiger partial charge in [0.05, 0.1) is 19.8 Å². The van der Waals surface area contributed by atoms with Gasteiger partial charge in [0.1, 0.15) is 17.1 Å². The van der Waals surface area contributed by atoms with Crippen molar-refractivity contribution >= 4 is 17.5 Å². The maximum Gasteiger partial charge on any atom is 0.259 e. The Bertz CT molecular complexity index is 444. The molecule has 0 atom stereocenters. The molecule has 0 radical (unpaired) electrons. The van der Waals surface area contributed by atoms with Crippen molar-refractivity contribution < 1.29 is 14.3 Å². The van der Waals surface area contributed by atoms with E-state index in [0.717, 1.165) is 19.3 Å². The lowest BCUT2D eigenvalue weighted by Gasteiger charge is -2.41. The highest BCUT2D eigenvalue weighted by atomic mass is 35.5. The average Bonchev–Trinajstić information content (AvgIpc) is 2.41. The molecule has 1 N–H and O–H groups in total. The van der Waals surface area contributed by atoms with Crippen molar-refractivity contribution in [1.29, 1.82) is 0 Å². The number of nitrogens with one attached hydrogen (secondary N) is 1. The number of methoxy groups -OCH3 is 2. The fourth-order valence-corrected chi connectivity index (χ4v) is 2.61. The van der Waals surface area contributed by atoms with Crippen LogP contribution >= 0.6 is 11.6 Å². The summed E-state index contributed by atoms with van der Waals surface area (Å²) in [5.74, 6) is 1.23. The summed E-state index contributed by atoms with van der Waals surface area (Å²) in [5.41, 5.74) is 0.147. The Morgan fingerprint density at radius 2 is 1.89 bits per heavy atom. The van der Waals surface area contributed by atoms with E-state index in [1.165, 1.54) is 14.2 Å². The number of benzene rings is 1. The van der Waals surface area contributed by atoms with Crippen molar-refractivity contribution in [3.05, 3.63) is 23.8 Å². The molecule has 1 aromatic carbocycles. The van der Waals surface area contributed by atoms with Crippen LogP contribution in [0.5, 0.6) is 11.5 Å². The molecule has 104 valence electrons. The van der Waals surface area contributed by atoms with Crippen LogP contribution < -0.4 is 14.8 Å². The Labute approximate surface area is 118 Å². The second-order valence-corrected chi connectivity index (χ2v) is 5.03. The summed E-state index contributed by atoms with van der Waals surface area (Å²) in [6.07, 6.45) is 2.93. The number of rotatable bonds is 5. The van der Waals surface area contributed by atoms with Crippen LogP contribution in [0.1, 0.15) is 29.6 Å². The quantitative estimate of drug-likeness (QED) is 0.845. The Hall–Kier alpha value is -1.42. The van der Waals surface area contributed by atoms with Gasteiger partial charge in [-0.1, -0.05) is 6.07 Å². The van der Waals surface area contributed by atoms with Gasteiger partial charge in [0.25, 0.3) is 5.91 Å². The van der Waals surface area contributed by atoms with Gasteiger partial charge in [0.15, 0.2) is 0 Å². The first kappa shape index (κ1) is 14.0. The average molecular weight is 284 g/mol. The van der Waals surface area contributed by atoms with E-state index in [2.05, 4.69) is 5.32 Å². The first-order chi connectivity index (χ1) is 9.15. The van der Waals surface area contributed by atoms with Crippen LogP contribution in [0.15, 0.2) is 18.2 Å². The zero-order chi connectivity index (χ0) is 13.9. The molecule has 19 heavy (non-hydrogen) atoms.